The number of pyridine rings is 1. The normalized spacial score (nSPS) is 11.8. The van der Waals surface area contributed by atoms with E-state index in [4.69, 9.17) is 20.9 Å². The van der Waals surface area contributed by atoms with Crippen molar-refractivity contribution in [3.63, 3.8) is 0 Å². The van der Waals surface area contributed by atoms with Gasteiger partial charge in [-0.15, -0.1) is 0 Å². The number of aromatic nitrogens is 4. The molecule has 12 heteroatoms. The van der Waals surface area contributed by atoms with Crippen molar-refractivity contribution in [1.82, 2.24) is 19.9 Å². The van der Waals surface area contributed by atoms with Crippen LogP contribution in [-0.2, 0) is 10.9 Å². The number of ether oxygens (including phenoxy) is 1. The summed E-state index contributed by atoms with van der Waals surface area (Å²) in [6.07, 6.45) is -2.08. The zero-order valence-electron chi connectivity index (χ0n) is 17.6. The second-order valence-electron chi connectivity index (χ2n) is 7.31. The van der Waals surface area contributed by atoms with Crippen molar-refractivity contribution < 1.29 is 31.6 Å². The molecule has 3 aromatic heterocycles. The molecule has 176 valence electrons. The number of halogens is 5. The molecule has 0 radical (unpaired) electrons. The molecule has 0 bridgehead atoms. The lowest BCUT2D eigenvalue weighted by molar-refractivity contribution is -0.142. The van der Waals surface area contributed by atoms with Crippen molar-refractivity contribution in [1.29, 1.82) is 0 Å². The highest BCUT2D eigenvalue weighted by Gasteiger charge is 2.42. The first-order valence-electron chi connectivity index (χ1n) is 9.80. The quantitative estimate of drug-likeness (QED) is 0.251. The monoisotopic (exact) mass is 494 g/mol. The first kappa shape index (κ1) is 23.4. The zero-order valence-corrected chi connectivity index (χ0v) is 18.4. The summed E-state index contributed by atoms with van der Waals surface area (Å²) >= 11 is 6.11. The van der Waals surface area contributed by atoms with Gasteiger partial charge in [-0.3, -0.25) is 4.98 Å². The maximum Gasteiger partial charge on any atom is 0.434 e. The van der Waals surface area contributed by atoms with Crippen LogP contribution in [0.15, 0.2) is 53.4 Å². The molecule has 0 saturated heterocycles. The number of esters is 1. The fraction of sp³-hybridized carbons (Fsp3) is 0.182. The topological polar surface area (TPSA) is 83.0 Å². The Labute approximate surface area is 194 Å². The third-order valence-corrected chi connectivity index (χ3v) is 4.94. The highest BCUT2D eigenvalue weighted by Crippen LogP contribution is 2.43. The van der Waals surface area contributed by atoms with Gasteiger partial charge in [0.2, 0.25) is 0 Å². The molecule has 7 nitrogen and oxygen atoms in total. The van der Waals surface area contributed by atoms with E-state index in [9.17, 15) is 22.4 Å². The van der Waals surface area contributed by atoms with Crippen LogP contribution in [0.5, 0.6) is 0 Å². The number of carbonyl (C=O) groups is 1. The Kier molecular flexibility index (Phi) is 6.13. The van der Waals surface area contributed by atoms with E-state index < -0.39 is 52.3 Å². The first-order chi connectivity index (χ1) is 16.1. The van der Waals surface area contributed by atoms with Gasteiger partial charge in [-0.05, 0) is 38.1 Å². The number of nitrogens with zero attached hydrogens (tertiary/aromatic N) is 4. The summed E-state index contributed by atoms with van der Waals surface area (Å²) in [5, 5.41) is 7.42. The fourth-order valence-corrected chi connectivity index (χ4v) is 3.55. The standard InChI is InChI=1S/C22H15ClF4N4O3/c1-11(2)33-21(32)17-18(16-14(23)4-3-5-15(16)24)30-34-19(17)13-10-29-31(20(13)22(25,26)27)12-6-8-28-9-7-12/h3-11H,1-2H3. The first-order valence-corrected chi connectivity index (χ1v) is 10.2. The van der Waals surface area contributed by atoms with Crippen molar-refractivity contribution in [2.75, 3.05) is 0 Å². The minimum atomic E-state index is -4.92. The van der Waals surface area contributed by atoms with E-state index in [2.05, 4.69) is 15.2 Å². The Morgan fingerprint density at radius 3 is 2.50 bits per heavy atom. The summed E-state index contributed by atoms with van der Waals surface area (Å²) in [5.74, 6) is -2.51. The van der Waals surface area contributed by atoms with Crippen molar-refractivity contribution in [3.05, 3.63) is 71.0 Å². The van der Waals surface area contributed by atoms with Crippen LogP contribution in [0.25, 0.3) is 28.3 Å². The summed E-state index contributed by atoms with van der Waals surface area (Å²) in [4.78, 5) is 16.7. The van der Waals surface area contributed by atoms with Crippen LogP contribution in [0.2, 0.25) is 5.02 Å². The predicted molar refractivity (Wildman–Crippen MR) is 113 cm³/mol. The van der Waals surface area contributed by atoms with Crippen LogP contribution in [0.3, 0.4) is 0 Å². The lowest BCUT2D eigenvalue weighted by Gasteiger charge is -2.13. The molecule has 0 aliphatic rings. The van der Waals surface area contributed by atoms with E-state index in [-0.39, 0.29) is 16.3 Å². The van der Waals surface area contributed by atoms with E-state index in [0.29, 0.717) is 4.68 Å². The van der Waals surface area contributed by atoms with Crippen LogP contribution in [0.1, 0.15) is 29.9 Å². The summed E-state index contributed by atoms with van der Waals surface area (Å²) in [5.41, 5.74) is -2.98. The van der Waals surface area contributed by atoms with Crippen molar-refractivity contribution >= 4 is 17.6 Å². The van der Waals surface area contributed by atoms with Gasteiger partial charge in [0.1, 0.15) is 17.1 Å². The second-order valence-corrected chi connectivity index (χ2v) is 7.72. The molecule has 0 aliphatic heterocycles. The Morgan fingerprint density at radius 1 is 1.18 bits per heavy atom. The van der Waals surface area contributed by atoms with Gasteiger partial charge in [0, 0.05) is 12.4 Å². The van der Waals surface area contributed by atoms with E-state index >= 15 is 0 Å². The maximum absolute atomic E-state index is 14.6. The van der Waals surface area contributed by atoms with E-state index in [1.165, 1.54) is 36.7 Å². The van der Waals surface area contributed by atoms with Gasteiger partial charge in [0.25, 0.3) is 0 Å². The molecular weight excluding hydrogens is 480 g/mol. The van der Waals surface area contributed by atoms with Gasteiger partial charge >= 0.3 is 12.1 Å². The highest BCUT2D eigenvalue weighted by molar-refractivity contribution is 6.33. The minimum Gasteiger partial charge on any atom is -0.459 e. The molecule has 0 aliphatic carbocycles. The van der Waals surface area contributed by atoms with Gasteiger partial charge < -0.3 is 9.26 Å². The average molecular weight is 495 g/mol. The maximum atomic E-state index is 14.6. The van der Waals surface area contributed by atoms with Gasteiger partial charge in [-0.1, -0.05) is 22.8 Å². The highest BCUT2D eigenvalue weighted by atomic mass is 35.5. The summed E-state index contributed by atoms with van der Waals surface area (Å²) in [7, 11) is 0. The minimum absolute atomic E-state index is 0.0665. The van der Waals surface area contributed by atoms with Crippen molar-refractivity contribution in [2.24, 2.45) is 0 Å². The Hall–Kier alpha value is -3.73. The molecule has 0 spiro atoms. The molecule has 0 unspecified atom stereocenters. The number of hydrogen-bond acceptors (Lipinski definition) is 6. The van der Waals surface area contributed by atoms with Crippen molar-refractivity contribution in [2.45, 2.75) is 26.1 Å². The molecule has 4 rings (SSSR count). The van der Waals surface area contributed by atoms with Crippen LogP contribution in [0.4, 0.5) is 17.6 Å². The molecule has 0 amide bonds. The second kappa shape index (κ2) is 8.90. The molecule has 3 heterocycles. The number of carbonyl (C=O) groups excluding carboxylic acids is 1. The third-order valence-electron chi connectivity index (χ3n) is 4.63. The third kappa shape index (κ3) is 4.26. The Bertz CT molecular complexity index is 1330. The molecule has 34 heavy (non-hydrogen) atoms. The van der Waals surface area contributed by atoms with Gasteiger partial charge in [-0.25, -0.2) is 13.9 Å². The molecule has 0 atom stereocenters. The predicted octanol–water partition coefficient (Wildman–Crippen LogP) is 5.97. The summed E-state index contributed by atoms with van der Waals surface area (Å²) < 4.78 is 68.2. The average Bonchev–Trinajstić information content (AvgIpc) is 3.38. The van der Waals surface area contributed by atoms with Crippen LogP contribution in [0, 0.1) is 5.82 Å². The molecule has 4 aromatic rings. The van der Waals surface area contributed by atoms with Crippen LogP contribution in [-0.4, -0.2) is 32.0 Å². The van der Waals surface area contributed by atoms with E-state index in [0.717, 1.165) is 12.3 Å². The van der Waals surface area contributed by atoms with Gasteiger partial charge in [0.15, 0.2) is 11.5 Å². The Morgan fingerprint density at radius 2 is 1.88 bits per heavy atom. The summed E-state index contributed by atoms with van der Waals surface area (Å²) in [6, 6.07) is 6.38. The van der Waals surface area contributed by atoms with E-state index in [1.54, 1.807) is 13.8 Å². The van der Waals surface area contributed by atoms with Gasteiger partial charge in [0.05, 0.1) is 34.1 Å². The molecule has 1 aromatic carbocycles. The number of rotatable bonds is 5. The number of benzene rings is 1. The molecule has 0 N–H and O–H groups in total. The van der Waals surface area contributed by atoms with Crippen molar-refractivity contribution in [3.8, 4) is 28.3 Å². The Balaban J connectivity index is 2.00. The van der Waals surface area contributed by atoms with Gasteiger partial charge in [-0.2, -0.15) is 18.3 Å². The molecule has 0 fully saturated rings. The fourth-order valence-electron chi connectivity index (χ4n) is 3.30. The zero-order chi connectivity index (χ0) is 24.6. The lowest BCUT2D eigenvalue weighted by atomic mass is 10.0. The smallest absolute Gasteiger partial charge is 0.434 e. The largest absolute Gasteiger partial charge is 0.459 e. The number of alkyl halides is 3. The SMILES string of the molecule is CC(C)OC(=O)c1c(-c2c(F)cccc2Cl)noc1-c1cnn(-c2ccncc2)c1C(F)(F)F. The van der Waals surface area contributed by atoms with Crippen LogP contribution >= 0.6 is 11.6 Å². The number of hydrogen-bond donors (Lipinski definition) is 0. The molecule has 0 saturated carbocycles. The van der Waals surface area contributed by atoms with Crippen LogP contribution < -0.4 is 0 Å². The molecular formula is C22H15ClF4N4O3. The summed E-state index contributed by atoms with van der Waals surface area (Å²) in [6.45, 7) is 3.09. The van der Waals surface area contributed by atoms with E-state index in [1.807, 2.05) is 0 Å². The lowest BCUT2D eigenvalue weighted by Crippen LogP contribution is -2.16.